The van der Waals surface area contributed by atoms with Crippen LogP contribution < -0.4 is 27.4 Å². The number of ether oxygens (including phenoxy) is 2. The first-order valence-corrected chi connectivity index (χ1v) is 22.9. The number of primary amides is 1. The summed E-state index contributed by atoms with van der Waals surface area (Å²) in [4.78, 5) is 108. The van der Waals surface area contributed by atoms with Crippen LogP contribution >= 0.6 is 0 Å². The highest BCUT2D eigenvalue weighted by Gasteiger charge is 2.43. The van der Waals surface area contributed by atoms with Crippen LogP contribution in [0.3, 0.4) is 0 Å². The van der Waals surface area contributed by atoms with E-state index in [4.69, 9.17) is 15.2 Å². The lowest BCUT2D eigenvalue weighted by atomic mass is 9.78. The van der Waals surface area contributed by atoms with Gasteiger partial charge >= 0.3 is 17.8 Å². The second-order valence-electron chi connectivity index (χ2n) is 20.3. The summed E-state index contributed by atoms with van der Waals surface area (Å²) in [6, 6.07) is 2.89. The maximum Gasteiger partial charge on any atom is 0.407 e. The van der Waals surface area contributed by atoms with Gasteiger partial charge in [0.15, 0.2) is 0 Å². The average Bonchev–Trinajstić information content (AvgIpc) is 3.68. The molecule has 6 rings (SSSR count). The number of aromatic nitrogens is 2. The molecule has 3 saturated heterocycles. The molecular weight excluding hydrogens is 825 g/mol. The third-order valence-electron chi connectivity index (χ3n) is 12.9. The number of carbonyl (C=O) groups is 7. The van der Waals surface area contributed by atoms with Crippen molar-refractivity contribution < 1.29 is 43.0 Å². The van der Waals surface area contributed by atoms with Crippen LogP contribution in [0.1, 0.15) is 130 Å². The number of hydrogen-bond acceptors (Lipinski definition) is 11. The minimum absolute atomic E-state index is 0.00204. The van der Waals surface area contributed by atoms with E-state index < -0.39 is 59.2 Å². The molecule has 5 atom stereocenters. The van der Waals surface area contributed by atoms with Crippen molar-refractivity contribution in [1.29, 1.82) is 0 Å². The summed E-state index contributed by atoms with van der Waals surface area (Å²) < 4.78 is 14.2. The van der Waals surface area contributed by atoms with Gasteiger partial charge in [0.2, 0.25) is 29.5 Å². The van der Waals surface area contributed by atoms with Gasteiger partial charge in [0, 0.05) is 52.0 Å². The van der Waals surface area contributed by atoms with Gasteiger partial charge in [-0.15, -0.1) is 0 Å². The number of nitrogens with one attached hydrogen (secondary N) is 3. The lowest BCUT2D eigenvalue weighted by Gasteiger charge is -2.40. The van der Waals surface area contributed by atoms with E-state index >= 15 is 0 Å². The van der Waals surface area contributed by atoms with E-state index in [-0.39, 0.29) is 74.1 Å². The van der Waals surface area contributed by atoms with Crippen LogP contribution in [0.15, 0.2) is 23.0 Å². The quantitative estimate of drug-likeness (QED) is 0.179. The fourth-order valence-electron chi connectivity index (χ4n) is 9.86. The van der Waals surface area contributed by atoms with Crippen molar-refractivity contribution in [2.24, 2.45) is 24.6 Å². The fourth-order valence-corrected chi connectivity index (χ4v) is 9.86. The smallest absolute Gasteiger partial charge is 0.407 e. The van der Waals surface area contributed by atoms with Crippen LogP contribution in [-0.4, -0.2) is 116 Å². The number of amides is 6. The molecule has 1 aromatic heterocycles. The van der Waals surface area contributed by atoms with E-state index in [2.05, 4.69) is 20.9 Å². The lowest BCUT2D eigenvalue weighted by Crippen LogP contribution is -2.59. The predicted molar refractivity (Wildman–Crippen MR) is 236 cm³/mol. The van der Waals surface area contributed by atoms with Gasteiger partial charge < -0.3 is 30.7 Å². The Labute approximate surface area is 374 Å². The zero-order valence-electron chi connectivity index (χ0n) is 38.5. The first-order chi connectivity index (χ1) is 30.0. The van der Waals surface area contributed by atoms with Crippen LogP contribution in [0.2, 0.25) is 0 Å². The van der Waals surface area contributed by atoms with Crippen molar-refractivity contribution in [3.05, 3.63) is 34.2 Å². The highest BCUT2D eigenvalue weighted by atomic mass is 16.6. The number of nitrogens with zero attached hydrogens (tertiary/aromatic N) is 4. The van der Waals surface area contributed by atoms with Gasteiger partial charge in [-0.1, -0.05) is 6.07 Å². The molecule has 4 fully saturated rings. The molecular formula is C46H68N8O10. The van der Waals surface area contributed by atoms with Crippen LogP contribution in [0.5, 0.6) is 0 Å². The number of carbonyl (C=O) groups excluding carboxylic acids is 7. The van der Waals surface area contributed by atoms with Crippen molar-refractivity contribution in [2.45, 2.75) is 166 Å². The topological polar surface area (TPSA) is 233 Å². The Bertz CT molecular complexity index is 2160. The van der Waals surface area contributed by atoms with E-state index in [0.29, 0.717) is 43.7 Å². The van der Waals surface area contributed by atoms with E-state index in [1.807, 2.05) is 23.1 Å². The molecule has 2 aromatic rings. The number of imide groups is 1. The maximum absolute atomic E-state index is 14.1. The number of alkyl carbamates (subject to hydrolysis) is 1. The van der Waals surface area contributed by atoms with E-state index in [0.717, 1.165) is 43.2 Å². The maximum atomic E-state index is 14.1. The number of hydrogen-bond donors (Lipinski definition) is 4. The van der Waals surface area contributed by atoms with Crippen LogP contribution in [0, 0.1) is 11.8 Å². The zero-order valence-corrected chi connectivity index (χ0v) is 38.5. The Balaban J connectivity index is 1.07. The van der Waals surface area contributed by atoms with E-state index in [1.165, 1.54) is 4.57 Å². The van der Waals surface area contributed by atoms with Crippen LogP contribution in [0.25, 0.3) is 11.0 Å². The first-order valence-electron chi connectivity index (χ1n) is 22.9. The summed E-state index contributed by atoms with van der Waals surface area (Å²) in [5, 5.41) is 8.17. The highest BCUT2D eigenvalue weighted by Crippen LogP contribution is 2.35. The van der Waals surface area contributed by atoms with Gasteiger partial charge in [-0.25, -0.2) is 14.4 Å². The molecule has 1 saturated carbocycles. The summed E-state index contributed by atoms with van der Waals surface area (Å²) in [6.45, 7) is 11.5. The molecule has 18 nitrogen and oxygen atoms in total. The van der Waals surface area contributed by atoms with Gasteiger partial charge in [-0.05, 0) is 135 Å². The van der Waals surface area contributed by atoms with Gasteiger partial charge in [0.1, 0.15) is 23.3 Å². The standard InChI is InChI=1S/C46H68N8O10/c1-45(2,3)63-42(60)32(14-18-37(47)55)49-40(58)34-16-13-31-20-21-52(25-30(26-53(31)34)48-43(61)64-46(4,5)6)39(57)24-28-10-8-27(9-11-28)22-29-12-15-33-36(23-29)51(7)44(62)54(33)35-17-19-38(56)50-41(35)59/h12,15,23,27-28,30-32,34-35H,8-11,13-14,16-22,24-26H2,1-7H3,(H2,47,55)(H,48,61)(H,49,58)(H,50,56,59)/t27?,28?,30-,31+,32-,34-,35?/m0/s1. The predicted octanol–water partition coefficient (Wildman–Crippen LogP) is 3.11. The van der Waals surface area contributed by atoms with Crippen molar-refractivity contribution in [3.63, 3.8) is 0 Å². The molecule has 3 aliphatic heterocycles. The molecule has 6 amide bonds. The largest absolute Gasteiger partial charge is 0.458 e. The van der Waals surface area contributed by atoms with Gasteiger partial charge in [-0.3, -0.25) is 43.3 Å². The van der Waals surface area contributed by atoms with Crippen molar-refractivity contribution >= 4 is 52.6 Å². The summed E-state index contributed by atoms with van der Waals surface area (Å²) in [5.74, 6) is -1.77. The minimum atomic E-state index is -1.07. The SMILES string of the molecule is Cn1c(=O)n(C2CCC(=O)NC2=O)c2ccc(CC3CCC(CC(=O)N4CC[C@H]5CC[C@@H](C(=O)N[C@@H](CCC(N)=O)C(=O)OC(C)(C)C)N5C[C@@H](NC(=O)OC(C)(C)C)C4)CC3)cc21. The molecule has 352 valence electrons. The summed E-state index contributed by atoms with van der Waals surface area (Å²) in [5.41, 5.74) is 6.02. The number of nitrogens with two attached hydrogens (primary N) is 1. The van der Waals surface area contributed by atoms with E-state index in [9.17, 15) is 38.4 Å². The second-order valence-corrected chi connectivity index (χ2v) is 20.3. The molecule has 0 radical (unpaired) electrons. The monoisotopic (exact) mass is 893 g/mol. The Kier molecular flexibility index (Phi) is 15.0. The number of aryl methyl sites for hydroxylation is 1. The third kappa shape index (κ3) is 12.3. The zero-order chi connectivity index (χ0) is 46.7. The molecule has 1 unspecified atom stereocenters. The Morgan fingerprint density at radius 3 is 2.20 bits per heavy atom. The summed E-state index contributed by atoms with van der Waals surface area (Å²) in [6.07, 6.45) is 6.45. The summed E-state index contributed by atoms with van der Waals surface area (Å²) >= 11 is 0. The fraction of sp³-hybridized carbons (Fsp3) is 0.696. The van der Waals surface area contributed by atoms with Crippen molar-refractivity contribution in [2.75, 3.05) is 19.6 Å². The van der Waals surface area contributed by atoms with Crippen molar-refractivity contribution in [1.82, 2.24) is 34.9 Å². The minimum Gasteiger partial charge on any atom is -0.458 e. The molecule has 5 N–H and O–H groups in total. The van der Waals surface area contributed by atoms with Crippen LogP contribution in [-0.2, 0) is 51.7 Å². The number of piperidine rings is 1. The lowest BCUT2D eigenvalue weighted by molar-refractivity contribution is -0.159. The van der Waals surface area contributed by atoms with Crippen LogP contribution in [0.4, 0.5) is 4.79 Å². The molecule has 0 bridgehead atoms. The molecule has 64 heavy (non-hydrogen) atoms. The van der Waals surface area contributed by atoms with E-state index in [1.54, 1.807) is 53.2 Å². The Morgan fingerprint density at radius 2 is 1.55 bits per heavy atom. The third-order valence-corrected chi connectivity index (χ3v) is 12.9. The normalized spacial score (nSPS) is 25.1. The number of benzene rings is 1. The molecule has 4 aliphatic rings. The second kappa shape index (κ2) is 19.9. The molecule has 1 aliphatic carbocycles. The average molecular weight is 893 g/mol. The number of rotatable bonds is 12. The Hall–Kier alpha value is -5.26. The highest BCUT2D eigenvalue weighted by molar-refractivity contribution is 6.00. The van der Waals surface area contributed by atoms with Crippen molar-refractivity contribution in [3.8, 4) is 0 Å². The number of imidazole rings is 1. The van der Waals surface area contributed by atoms with Gasteiger partial charge in [0.05, 0.1) is 23.1 Å². The van der Waals surface area contributed by atoms with Gasteiger partial charge in [-0.2, -0.15) is 0 Å². The molecule has 4 heterocycles. The molecule has 18 heteroatoms. The molecule has 0 spiro atoms. The van der Waals surface area contributed by atoms with Gasteiger partial charge in [0.25, 0.3) is 0 Å². The first kappa shape index (κ1) is 48.2. The summed E-state index contributed by atoms with van der Waals surface area (Å²) in [7, 11) is 1.70. The Morgan fingerprint density at radius 1 is 0.859 bits per heavy atom. The molecule has 1 aromatic carbocycles. The number of fused-ring (bicyclic) bond motifs is 2. The number of esters is 1.